The fourth-order valence-corrected chi connectivity index (χ4v) is 0.126. The molecule has 0 saturated carbocycles. The minimum Gasteiger partial charge on any atom is -0.363 e. The molecular formula is C2N3O4-. The van der Waals surface area contributed by atoms with Crippen LogP contribution >= 0.6 is 0 Å². The first-order chi connectivity index (χ1) is 4.16. The summed E-state index contributed by atoms with van der Waals surface area (Å²) in [6.45, 7) is 0. The molecule has 0 radical (unpaired) electrons. The maximum absolute atomic E-state index is 9.80. The number of hydrogen-bond acceptors (Lipinski definition) is 5. The van der Waals surface area contributed by atoms with Gasteiger partial charge in [-0.1, -0.05) is 0 Å². The van der Waals surface area contributed by atoms with Crippen molar-refractivity contribution < 1.29 is 14.6 Å². The van der Waals surface area contributed by atoms with Crippen LogP contribution in [0.3, 0.4) is 0 Å². The van der Waals surface area contributed by atoms with Crippen molar-refractivity contribution in [1.82, 2.24) is 0 Å². The number of rotatable bonds is 1. The van der Waals surface area contributed by atoms with Crippen molar-refractivity contribution in [2.24, 2.45) is 0 Å². The topological polar surface area (TPSA) is 107 Å². The Morgan fingerprint density at radius 3 is 2.78 bits per heavy atom. The summed E-state index contributed by atoms with van der Waals surface area (Å²) in [5, 5.41) is 15.6. The van der Waals surface area contributed by atoms with Gasteiger partial charge in [-0.25, -0.2) is 0 Å². The molecule has 0 heterocycles. The van der Waals surface area contributed by atoms with Gasteiger partial charge in [0.25, 0.3) is 6.26 Å². The van der Waals surface area contributed by atoms with Crippen molar-refractivity contribution in [1.29, 1.82) is 5.26 Å². The van der Waals surface area contributed by atoms with Gasteiger partial charge in [-0.15, -0.1) is 5.26 Å². The first-order valence-corrected chi connectivity index (χ1v) is 1.62. The van der Waals surface area contributed by atoms with E-state index in [9.17, 15) is 14.9 Å². The maximum atomic E-state index is 9.80. The van der Waals surface area contributed by atoms with Gasteiger partial charge >= 0.3 is 6.09 Å². The quantitative estimate of drug-likeness (QED) is 0.285. The number of nitriles is 1. The Kier molecular flexibility index (Phi) is 2.55. The van der Waals surface area contributed by atoms with E-state index in [0.717, 1.165) is 6.26 Å². The third-order valence-electron chi connectivity index (χ3n) is 0.296. The molecule has 9 heavy (non-hydrogen) atoms. The fraction of sp³-hybridized carbons (Fsp3) is 0. The van der Waals surface area contributed by atoms with Gasteiger partial charge in [-0.3, -0.25) is 20.3 Å². The van der Waals surface area contributed by atoms with E-state index in [1.165, 1.54) is 0 Å². The van der Waals surface area contributed by atoms with Crippen LogP contribution in [0.4, 0.5) is 4.79 Å². The molecule has 1 amide bonds. The predicted octanol–water partition coefficient (Wildman–Crippen LogP) is 0.169. The smallest absolute Gasteiger partial charge is 0.304 e. The third-order valence-corrected chi connectivity index (χ3v) is 0.296. The van der Waals surface area contributed by atoms with Gasteiger partial charge in [0, 0.05) is 0 Å². The predicted molar refractivity (Wildman–Crippen MR) is 22.4 cm³/mol. The molecule has 7 heteroatoms. The number of nitro groups is 1. The van der Waals surface area contributed by atoms with E-state index in [4.69, 9.17) is 5.26 Å². The molecule has 0 fully saturated rings. The van der Waals surface area contributed by atoms with Crippen LogP contribution in [0.5, 0.6) is 0 Å². The maximum Gasteiger partial charge on any atom is 0.304 e. The molecule has 0 aliphatic heterocycles. The van der Waals surface area contributed by atoms with Crippen molar-refractivity contribution in [3.63, 3.8) is 0 Å². The summed E-state index contributed by atoms with van der Waals surface area (Å²) in [6, 6.07) is 0. The average Bonchev–Trinajstić information content (AvgIpc) is 1.63. The highest BCUT2D eigenvalue weighted by molar-refractivity contribution is 5.79. The Hall–Kier alpha value is -1.84. The van der Waals surface area contributed by atoms with Crippen LogP contribution in [0, 0.1) is 21.6 Å². The number of hydrogen-bond donors (Lipinski definition) is 0. The lowest BCUT2D eigenvalue weighted by Crippen LogP contribution is -2.01. The van der Waals surface area contributed by atoms with Gasteiger partial charge in [0.2, 0.25) is 0 Å². The van der Waals surface area contributed by atoms with E-state index < -0.39 is 11.1 Å². The van der Waals surface area contributed by atoms with Crippen LogP contribution in [0.2, 0.25) is 0 Å². The molecule has 0 aliphatic carbocycles. The van der Waals surface area contributed by atoms with Gasteiger partial charge in [0.1, 0.15) is 0 Å². The average molecular weight is 130 g/mol. The molecule has 0 aliphatic rings. The van der Waals surface area contributed by atoms with Crippen LogP contribution in [0.1, 0.15) is 0 Å². The Morgan fingerprint density at radius 1 is 1.89 bits per heavy atom. The van der Waals surface area contributed by atoms with Crippen molar-refractivity contribution in [2.75, 3.05) is 0 Å². The minimum absolute atomic E-state index is 0.925. The molecule has 0 unspecified atom stereocenters. The van der Waals surface area contributed by atoms with Gasteiger partial charge in [0.05, 0.1) is 0 Å². The molecule has 0 bridgehead atoms. The molecule has 0 aromatic heterocycles. The SMILES string of the molecule is N#COC(=O)[N-][N+](=O)[O-]. The summed E-state index contributed by atoms with van der Waals surface area (Å²) in [7, 11) is 0. The zero-order valence-electron chi connectivity index (χ0n) is 3.97. The second-order valence-corrected chi connectivity index (χ2v) is 0.797. The highest BCUT2D eigenvalue weighted by Gasteiger charge is 1.91. The van der Waals surface area contributed by atoms with Gasteiger partial charge in [-0.2, -0.15) is 0 Å². The van der Waals surface area contributed by atoms with Crippen molar-refractivity contribution in [3.8, 4) is 6.26 Å². The second kappa shape index (κ2) is 3.20. The lowest BCUT2D eigenvalue weighted by molar-refractivity contribution is -0.419. The lowest BCUT2D eigenvalue weighted by Gasteiger charge is -2.01. The zero-order chi connectivity index (χ0) is 7.28. The number of amides is 1. The summed E-state index contributed by atoms with van der Waals surface area (Å²) in [4.78, 5) is 19.1. The molecule has 0 rings (SSSR count). The molecular weight excluding hydrogens is 130 g/mol. The van der Waals surface area contributed by atoms with Gasteiger partial charge < -0.3 is 4.74 Å². The van der Waals surface area contributed by atoms with Crippen molar-refractivity contribution in [3.05, 3.63) is 15.5 Å². The molecule has 0 atom stereocenters. The molecule has 0 saturated heterocycles. The molecule has 0 spiro atoms. The summed E-state index contributed by atoms with van der Waals surface area (Å²) in [5.41, 5.74) is 2.11. The third kappa shape index (κ3) is 4.00. The largest absolute Gasteiger partial charge is 0.363 e. The van der Waals surface area contributed by atoms with Crippen LogP contribution in [0.15, 0.2) is 0 Å². The summed E-state index contributed by atoms with van der Waals surface area (Å²) in [6.07, 6.45) is -0.600. The Bertz CT molecular complexity index is 169. The highest BCUT2D eigenvalue weighted by Crippen LogP contribution is 1.90. The molecule has 7 nitrogen and oxygen atoms in total. The van der Waals surface area contributed by atoms with Crippen LogP contribution in [-0.4, -0.2) is 11.1 Å². The van der Waals surface area contributed by atoms with Crippen LogP contribution in [0.25, 0.3) is 5.43 Å². The van der Waals surface area contributed by atoms with E-state index in [-0.39, 0.29) is 0 Å². The number of nitrogens with zero attached hydrogens (tertiary/aromatic N) is 3. The lowest BCUT2D eigenvalue weighted by atomic mass is 11.2. The number of carbonyl (C=O) groups excluding carboxylic acids is 1. The summed E-state index contributed by atoms with van der Waals surface area (Å²) < 4.78 is 3.41. The van der Waals surface area contributed by atoms with Crippen molar-refractivity contribution in [2.45, 2.75) is 0 Å². The molecule has 48 valence electrons. The number of ether oxygens (including phenoxy) is 1. The van der Waals surface area contributed by atoms with E-state index in [2.05, 4.69) is 10.2 Å². The summed E-state index contributed by atoms with van der Waals surface area (Å²) in [5.74, 6) is 0. The van der Waals surface area contributed by atoms with E-state index in [1.54, 1.807) is 0 Å². The Morgan fingerprint density at radius 2 is 2.44 bits per heavy atom. The Labute approximate surface area is 48.9 Å². The van der Waals surface area contributed by atoms with Gasteiger partial charge in [-0.05, 0) is 5.03 Å². The van der Waals surface area contributed by atoms with Crippen LogP contribution < -0.4 is 0 Å². The second-order valence-electron chi connectivity index (χ2n) is 0.797. The zero-order valence-corrected chi connectivity index (χ0v) is 3.97. The highest BCUT2D eigenvalue weighted by atomic mass is 16.7. The molecule has 0 N–H and O–H groups in total. The van der Waals surface area contributed by atoms with Crippen LogP contribution in [-0.2, 0) is 4.74 Å². The van der Waals surface area contributed by atoms with E-state index in [1.807, 2.05) is 0 Å². The van der Waals surface area contributed by atoms with Crippen molar-refractivity contribution >= 4 is 6.09 Å². The Balaban J connectivity index is 3.54. The van der Waals surface area contributed by atoms with E-state index >= 15 is 0 Å². The van der Waals surface area contributed by atoms with Gasteiger partial charge in [0.15, 0.2) is 0 Å². The summed E-state index contributed by atoms with van der Waals surface area (Å²) >= 11 is 0. The molecule has 0 aromatic rings. The minimum atomic E-state index is -1.53. The fourth-order valence-electron chi connectivity index (χ4n) is 0.126. The monoisotopic (exact) mass is 130 g/mol. The number of carbonyl (C=O) groups is 1. The first-order valence-electron chi connectivity index (χ1n) is 1.62. The standard InChI is InChI=1S/C2HN3O4/c3-1-9-2(6)4-5(7)8/h(H,4,6)/p-1. The first kappa shape index (κ1) is 7.16. The normalized spacial score (nSPS) is 7.00. The molecule has 0 aromatic carbocycles. The van der Waals surface area contributed by atoms with E-state index in [0.29, 0.717) is 0 Å².